The predicted molar refractivity (Wildman–Crippen MR) is 97.0 cm³/mol. The standard InChI is InChI=1S/C19H29N3O3/c1-24-17-8-14(9-18(11-17)25-2)12-22-7-5-16(13-22)21-19(23)10-15-4-3-6-20-15/h8-9,11,15-16,20H,3-7,10,12-13H2,1-2H3,(H,21,23). The number of hydrogen-bond acceptors (Lipinski definition) is 5. The van der Waals surface area contributed by atoms with Gasteiger partial charge in [0.15, 0.2) is 0 Å². The molecule has 2 aliphatic heterocycles. The number of amides is 1. The average Bonchev–Trinajstić information content (AvgIpc) is 3.26. The summed E-state index contributed by atoms with van der Waals surface area (Å²) in [6.45, 7) is 3.76. The fourth-order valence-electron chi connectivity index (χ4n) is 3.75. The van der Waals surface area contributed by atoms with Crippen LogP contribution in [0, 0.1) is 0 Å². The van der Waals surface area contributed by atoms with Crippen LogP contribution in [-0.4, -0.2) is 56.7 Å². The van der Waals surface area contributed by atoms with Crippen LogP contribution in [-0.2, 0) is 11.3 Å². The first kappa shape index (κ1) is 18.0. The molecule has 3 rings (SSSR count). The number of likely N-dealkylation sites (tertiary alicyclic amines) is 1. The number of carbonyl (C=O) groups excluding carboxylic acids is 1. The van der Waals surface area contributed by atoms with Gasteiger partial charge in [0.1, 0.15) is 11.5 Å². The summed E-state index contributed by atoms with van der Waals surface area (Å²) in [6.07, 6.45) is 3.90. The molecule has 0 aliphatic carbocycles. The Hall–Kier alpha value is -1.79. The molecule has 0 radical (unpaired) electrons. The second kappa shape index (κ2) is 8.54. The van der Waals surface area contributed by atoms with Crippen LogP contribution in [0.5, 0.6) is 11.5 Å². The molecule has 0 saturated carbocycles. The molecule has 2 unspecified atom stereocenters. The van der Waals surface area contributed by atoms with Gasteiger partial charge in [-0.15, -0.1) is 0 Å². The maximum Gasteiger partial charge on any atom is 0.221 e. The van der Waals surface area contributed by atoms with Gasteiger partial charge < -0.3 is 20.1 Å². The van der Waals surface area contributed by atoms with Gasteiger partial charge in [0.2, 0.25) is 5.91 Å². The van der Waals surface area contributed by atoms with Gasteiger partial charge in [-0.3, -0.25) is 9.69 Å². The van der Waals surface area contributed by atoms with E-state index in [0.29, 0.717) is 12.5 Å². The topological polar surface area (TPSA) is 62.8 Å². The minimum absolute atomic E-state index is 0.175. The number of benzene rings is 1. The summed E-state index contributed by atoms with van der Waals surface area (Å²) in [5.74, 6) is 1.79. The molecule has 0 spiro atoms. The van der Waals surface area contributed by atoms with Crippen molar-refractivity contribution in [3.05, 3.63) is 23.8 Å². The Kier molecular flexibility index (Phi) is 6.15. The molecule has 0 aromatic heterocycles. The van der Waals surface area contributed by atoms with Crippen LogP contribution >= 0.6 is 0 Å². The molecule has 2 saturated heterocycles. The maximum atomic E-state index is 12.2. The molecule has 0 bridgehead atoms. The van der Waals surface area contributed by atoms with Gasteiger partial charge in [-0.25, -0.2) is 0 Å². The largest absolute Gasteiger partial charge is 0.497 e. The molecule has 25 heavy (non-hydrogen) atoms. The van der Waals surface area contributed by atoms with E-state index in [0.717, 1.165) is 50.5 Å². The van der Waals surface area contributed by atoms with Crippen LogP contribution < -0.4 is 20.1 Å². The summed E-state index contributed by atoms with van der Waals surface area (Å²) < 4.78 is 10.7. The number of ether oxygens (including phenoxy) is 2. The molecule has 6 heteroatoms. The summed E-state index contributed by atoms with van der Waals surface area (Å²) in [5.41, 5.74) is 1.17. The number of hydrogen-bond donors (Lipinski definition) is 2. The van der Waals surface area contributed by atoms with E-state index in [1.165, 1.54) is 12.0 Å². The Bertz CT molecular complexity index is 565. The summed E-state index contributed by atoms with van der Waals surface area (Å²) in [7, 11) is 3.33. The first-order valence-corrected chi connectivity index (χ1v) is 9.13. The fourth-order valence-corrected chi connectivity index (χ4v) is 3.75. The molecule has 2 heterocycles. The van der Waals surface area contributed by atoms with Crippen LogP contribution in [0.3, 0.4) is 0 Å². The SMILES string of the molecule is COc1cc(CN2CCC(NC(=O)CC3CCCN3)C2)cc(OC)c1. The monoisotopic (exact) mass is 347 g/mol. The molecule has 2 N–H and O–H groups in total. The van der Waals surface area contributed by atoms with Crippen molar-refractivity contribution in [2.45, 2.75) is 44.3 Å². The number of rotatable bonds is 7. The van der Waals surface area contributed by atoms with E-state index in [1.54, 1.807) is 14.2 Å². The van der Waals surface area contributed by atoms with Gasteiger partial charge in [0.05, 0.1) is 14.2 Å². The van der Waals surface area contributed by atoms with Crippen LogP contribution in [0.1, 0.15) is 31.2 Å². The molecule has 6 nitrogen and oxygen atoms in total. The Labute approximate surface area is 149 Å². The smallest absolute Gasteiger partial charge is 0.221 e. The maximum absolute atomic E-state index is 12.2. The minimum Gasteiger partial charge on any atom is -0.497 e. The highest BCUT2D eigenvalue weighted by Crippen LogP contribution is 2.24. The highest BCUT2D eigenvalue weighted by Gasteiger charge is 2.25. The summed E-state index contributed by atoms with van der Waals surface area (Å²) in [5, 5.41) is 6.58. The van der Waals surface area contributed by atoms with Crippen LogP contribution in [0.2, 0.25) is 0 Å². The quantitative estimate of drug-likeness (QED) is 0.783. The highest BCUT2D eigenvalue weighted by molar-refractivity contribution is 5.77. The third-order valence-corrected chi connectivity index (χ3v) is 5.05. The summed E-state index contributed by atoms with van der Waals surface area (Å²) in [6, 6.07) is 6.58. The fraction of sp³-hybridized carbons (Fsp3) is 0.632. The number of nitrogens with one attached hydrogen (secondary N) is 2. The molecular weight excluding hydrogens is 318 g/mol. The third kappa shape index (κ3) is 5.09. The van der Waals surface area contributed by atoms with Gasteiger partial charge in [-0.2, -0.15) is 0 Å². The lowest BCUT2D eigenvalue weighted by Crippen LogP contribution is -2.39. The van der Waals surface area contributed by atoms with Crippen molar-refractivity contribution in [1.29, 1.82) is 0 Å². The van der Waals surface area contributed by atoms with Gasteiger partial charge in [0.25, 0.3) is 0 Å². The first-order valence-electron chi connectivity index (χ1n) is 9.13. The number of carbonyl (C=O) groups is 1. The predicted octanol–water partition coefficient (Wildman–Crippen LogP) is 1.54. The van der Waals surface area contributed by atoms with Crippen LogP contribution in [0.4, 0.5) is 0 Å². The highest BCUT2D eigenvalue weighted by atomic mass is 16.5. The van der Waals surface area contributed by atoms with E-state index < -0.39 is 0 Å². The van der Waals surface area contributed by atoms with E-state index in [1.807, 2.05) is 18.2 Å². The van der Waals surface area contributed by atoms with Crippen molar-refractivity contribution >= 4 is 5.91 Å². The Morgan fingerprint density at radius 2 is 2.00 bits per heavy atom. The van der Waals surface area contributed by atoms with Crippen molar-refractivity contribution < 1.29 is 14.3 Å². The van der Waals surface area contributed by atoms with Crippen molar-refractivity contribution in [3.8, 4) is 11.5 Å². The zero-order valence-corrected chi connectivity index (χ0v) is 15.2. The normalized spacial score (nSPS) is 23.6. The van der Waals surface area contributed by atoms with E-state index >= 15 is 0 Å². The third-order valence-electron chi connectivity index (χ3n) is 5.05. The molecule has 2 aliphatic rings. The van der Waals surface area contributed by atoms with Crippen molar-refractivity contribution in [3.63, 3.8) is 0 Å². The van der Waals surface area contributed by atoms with E-state index in [9.17, 15) is 4.79 Å². The van der Waals surface area contributed by atoms with Crippen molar-refractivity contribution in [2.75, 3.05) is 33.9 Å². The van der Waals surface area contributed by atoms with Gasteiger partial charge >= 0.3 is 0 Å². The number of nitrogens with zero attached hydrogens (tertiary/aromatic N) is 1. The molecule has 1 aromatic rings. The molecule has 2 fully saturated rings. The lowest BCUT2D eigenvalue weighted by Gasteiger charge is -2.18. The molecular formula is C19H29N3O3. The summed E-state index contributed by atoms with van der Waals surface area (Å²) in [4.78, 5) is 14.6. The molecule has 1 amide bonds. The zero-order valence-electron chi connectivity index (χ0n) is 15.2. The Balaban J connectivity index is 1.48. The van der Waals surface area contributed by atoms with Gasteiger partial charge in [-0.1, -0.05) is 0 Å². The second-order valence-electron chi connectivity index (χ2n) is 7.01. The zero-order chi connectivity index (χ0) is 17.6. The van der Waals surface area contributed by atoms with Gasteiger partial charge in [-0.05, 0) is 43.5 Å². The Morgan fingerprint density at radius 3 is 2.64 bits per heavy atom. The molecule has 1 aromatic carbocycles. The average molecular weight is 347 g/mol. The van der Waals surface area contributed by atoms with E-state index in [-0.39, 0.29) is 11.9 Å². The Morgan fingerprint density at radius 1 is 1.24 bits per heavy atom. The summed E-state index contributed by atoms with van der Waals surface area (Å²) >= 11 is 0. The van der Waals surface area contributed by atoms with Gasteiger partial charge in [0, 0.05) is 44.2 Å². The lowest BCUT2D eigenvalue weighted by atomic mass is 10.1. The molecule has 2 atom stereocenters. The van der Waals surface area contributed by atoms with Crippen molar-refractivity contribution in [1.82, 2.24) is 15.5 Å². The lowest BCUT2D eigenvalue weighted by molar-refractivity contribution is -0.122. The molecule has 138 valence electrons. The van der Waals surface area contributed by atoms with E-state index in [4.69, 9.17) is 9.47 Å². The van der Waals surface area contributed by atoms with E-state index in [2.05, 4.69) is 15.5 Å². The second-order valence-corrected chi connectivity index (χ2v) is 7.01. The number of methoxy groups -OCH3 is 2. The minimum atomic E-state index is 0.175. The van der Waals surface area contributed by atoms with Crippen molar-refractivity contribution in [2.24, 2.45) is 0 Å². The first-order chi connectivity index (χ1) is 12.2. The van der Waals surface area contributed by atoms with Crippen LogP contribution in [0.15, 0.2) is 18.2 Å². The van der Waals surface area contributed by atoms with Crippen LogP contribution in [0.25, 0.3) is 0 Å².